The van der Waals surface area contributed by atoms with Gasteiger partial charge in [-0.25, -0.2) is 0 Å². The molecule has 0 bridgehead atoms. The Morgan fingerprint density at radius 1 is 1.12 bits per heavy atom. The highest BCUT2D eigenvalue weighted by molar-refractivity contribution is 7.85. The average molecular weight is 259 g/mol. The molecular formula is C7H17NO7S. The van der Waals surface area contributed by atoms with Crippen molar-refractivity contribution in [2.45, 2.75) is 11.8 Å². The molecule has 8 nitrogen and oxygen atoms in total. The molecule has 0 spiro atoms. The molecule has 1 aromatic carbocycles. The molecule has 0 saturated carbocycles. The van der Waals surface area contributed by atoms with Crippen LogP contribution in [0.4, 0.5) is 5.69 Å². The fraction of sp³-hybridized carbons (Fsp3) is 0.143. The van der Waals surface area contributed by atoms with E-state index in [2.05, 4.69) is 0 Å². The molecule has 98 valence electrons. The van der Waals surface area contributed by atoms with Crippen LogP contribution in [0, 0.1) is 6.92 Å². The van der Waals surface area contributed by atoms with Gasteiger partial charge in [0.05, 0.1) is 4.90 Å². The molecule has 0 aliphatic rings. The Morgan fingerprint density at radius 2 is 1.56 bits per heavy atom. The van der Waals surface area contributed by atoms with Crippen LogP contribution in [0.3, 0.4) is 0 Å². The highest BCUT2D eigenvalue weighted by atomic mass is 32.2. The van der Waals surface area contributed by atoms with Crippen LogP contribution in [-0.2, 0) is 10.1 Å². The van der Waals surface area contributed by atoms with Crippen molar-refractivity contribution in [3.63, 3.8) is 0 Å². The lowest BCUT2D eigenvalue weighted by molar-refractivity contribution is 0.483. The Hall–Kier alpha value is -1.23. The first-order valence-corrected chi connectivity index (χ1v) is 4.69. The first-order chi connectivity index (χ1) is 5.41. The summed E-state index contributed by atoms with van der Waals surface area (Å²) in [5.74, 6) is 0. The molecule has 0 amide bonds. The normalized spacial score (nSPS) is 8.62. The number of anilines is 1. The van der Waals surface area contributed by atoms with Crippen molar-refractivity contribution in [2.75, 3.05) is 5.73 Å². The molecule has 16 heavy (non-hydrogen) atoms. The zero-order chi connectivity index (χ0) is 9.35. The molecule has 11 N–H and O–H groups in total. The Morgan fingerprint density at radius 3 is 1.88 bits per heavy atom. The van der Waals surface area contributed by atoms with Gasteiger partial charge in [0.15, 0.2) is 0 Å². The van der Waals surface area contributed by atoms with E-state index in [1.54, 1.807) is 13.0 Å². The van der Waals surface area contributed by atoms with Gasteiger partial charge in [-0.2, -0.15) is 8.42 Å². The lowest BCUT2D eigenvalue weighted by Gasteiger charge is -2.01. The van der Waals surface area contributed by atoms with Crippen molar-refractivity contribution in [1.82, 2.24) is 0 Å². The van der Waals surface area contributed by atoms with Gasteiger partial charge in [-0.3, -0.25) is 4.55 Å². The fourth-order valence-electron chi connectivity index (χ4n) is 0.779. The summed E-state index contributed by atoms with van der Waals surface area (Å²) in [5.41, 5.74) is 6.57. The zero-order valence-corrected chi connectivity index (χ0v) is 9.30. The number of nitrogens with two attached hydrogens (primary N) is 1. The SMILES string of the molecule is Cc1ccc(S(=O)(=O)O)cc1N.O.O.O.O. The molecule has 1 rings (SSSR count). The second-order valence-corrected chi connectivity index (χ2v) is 3.91. The molecule has 0 unspecified atom stereocenters. The minimum absolute atomic E-state index is 0. The topological polar surface area (TPSA) is 206 Å². The third-order valence-corrected chi connectivity index (χ3v) is 2.40. The molecule has 0 atom stereocenters. The molecule has 0 fully saturated rings. The van der Waals surface area contributed by atoms with Crippen molar-refractivity contribution in [1.29, 1.82) is 0 Å². The molecule has 1 aromatic rings. The van der Waals surface area contributed by atoms with Crippen LogP contribution >= 0.6 is 0 Å². The van der Waals surface area contributed by atoms with E-state index < -0.39 is 10.1 Å². The first-order valence-electron chi connectivity index (χ1n) is 3.25. The molecule has 0 radical (unpaired) electrons. The summed E-state index contributed by atoms with van der Waals surface area (Å²) in [6, 6.07) is 4.07. The van der Waals surface area contributed by atoms with Crippen molar-refractivity contribution in [2.24, 2.45) is 0 Å². The van der Waals surface area contributed by atoms with Gasteiger partial charge in [-0.1, -0.05) is 6.07 Å². The Labute approximate surface area is 92.7 Å². The molecule has 0 aliphatic carbocycles. The third-order valence-electron chi connectivity index (χ3n) is 1.55. The predicted octanol–water partition coefficient (Wildman–Crippen LogP) is -2.47. The maximum absolute atomic E-state index is 10.6. The summed E-state index contributed by atoms with van der Waals surface area (Å²) in [5, 5.41) is 0. The molecule has 0 aromatic heterocycles. The van der Waals surface area contributed by atoms with Crippen LogP contribution in [0.2, 0.25) is 0 Å². The number of hydrogen-bond acceptors (Lipinski definition) is 3. The van der Waals surface area contributed by atoms with Crippen LogP contribution in [0.15, 0.2) is 23.1 Å². The quantitative estimate of drug-likeness (QED) is 0.414. The van der Waals surface area contributed by atoms with Crippen LogP contribution in [0.1, 0.15) is 5.56 Å². The molecular weight excluding hydrogens is 242 g/mol. The maximum atomic E-state index is 10.6. The third kappa shape index (κ3) is 5.60. The summed E-state index contributed by atoms with van der Waals surface area (Å²) in [7, 11) is -4.12. The minimum atomic E-state index is -4.12. The summed E-state index contributed by atoms with van der Waals surface area (Å²) in [6.45, 7) is 1.75. The molecule has 0 aliphatic heterocycles. The van der Waals surface area contributed by atoms with E-state index in [9.17, 15) is 8.42 Å². The van der Waals surface area contributed by atoms with E-state index in [1.165, 1.54) is 12.1 Å². The number of hydrogen-bond donors (Lipinski definition) is 2. The number of benzene rings is 1. The van der Waals surface area contributed by atoms with Crippen molar-refractivity contribution >= 4 is 15.8 Å². The lowest BCUT2D eigenvalue weighted by atomic mass is 10.2. The summed E-state index contributed by atoms with van der Waals surface area (Å²) in [6.07, 6.45) is 0. The molecule has 0 saturated heterocycles. The van der Waals surface area contributed by atoms with E-state index in [-0.39, 0.29) is 26.8 Å². The lowest BCUT2D eigenvalue weighted by Crippen LogP contribution is -2.00. The zero-order valence-electron chi connectivity index (χ0n) is 8.48. The van der Waals surface area contributed by atoms with Gasteiger partial charge in [0.2, 0.25) is 0 Å². The van der Waals surface area contributed by atoms with Gasteiger partial charge in [0, 0.05) is 5.69 Å². The largest absolute Gasteiger partial charge is 0.412 e. The fourth-order valence-corrected chi connectivity index (χ4v) is 1.29. The minimum Gasteiger partial charge on any atom is -0.412 e. The summed E-state index contributed by atoms with van der Waals surface area (Å²) in [4.78, 5) is -0.175. The standard InChI is InChI=1S/C7H9NO3S.4H2O/c1-5-2-3-6(4-7(5)8)12(9,10)11;;;;/h2-4H,8H2,1H3,(H,9,10,11);4*1H2. The van der Waals surface area contributed by atoms with E-state index in [0.29, 0.717) is 5.69 Å². The number of rotatable bonds is 1. The van der Waals surface area contributed by atoms with E-state index in [4.69, 9.17) is 10.3 Å². The molecule has 9 heteroatoms. The summed E-state index contributed by atoms with van der Waals surface area (Å²) >= 11 is 0. The highest BCUT2D eigenvalue weighted by Crippen LogP contribution is 2.16. The summed E-state index contributed by atoms with van der Waals surface area (Å²) < 4.78 is 29.8. The van der Waals surface area contributed by atoms with E-state index in [0.717, 1.165) is 5.56 Å². The second kappa shape index (κ2) is 7.98. The Balaban J connectivity index is -0.000000180. The highest BCUT2D eigenvalue weighted by Gasteiger charge is 2.09. The average Bonchev–Trinajstić information content (AvgIpc) is 1.92. The van der Waals surface area contributed by atoms with Crippen molar-refractivity contribution in [3.05, 3.63) is 23.8 Å². The van der Waals surface area contributed by atoms with Gasteiger partial charge < -0.3 is 27.6 Å². The van der Waals surface area contributed by atoms with E-state index in [1.807, 2.05) is 0 Å². The Kier molecular flexibility index (Phi) is 12.0. The predicted molar refractivity (Wildman–Crippen MR) is 59.9 cm³/mol. The maximum Gasteiger partial charge on any atom is 0.294 e. The van der Waals surface area contributed by atoms with Crippen molar-refractivity contribution in [3.8, 4) is 0 Å². The smallest absolute Gasteiger partial charge is 0.294 e. The Bertz CT molecular complexity index is 403. The number of nitrogen functional groups attached to an aromatic ring is 1. The van der Waals surface area contributed by atoms with Crippen LogP contribution in [-0.4, -0.2) is 34.9 Å². The van der Waals surface area contributed by atoms with Crippen LogP contribution < -0.4 is 5.73 Å². The van der Waals surface area contributed by atoms with Gasteiger partial charge in [0.25, 0.3) is 10.1 Å². The van der Waals surface area contributed by atoms with Gasteiger partial charge in [-0.05, 0) is 24.6 Å². The number of aryl methyl sites for hydroxylation is 1. The second-order valence-electron chi connectivity index (χ2n) is 2.49. The first kappa shape index (κ1) is 24.1. The van der Waals surface area contributed by atoms with Gasteiger partial charge in [-0.15, -0.1) is 0 Å². The van der Waals surface area contributed by atoms with Crippen LogP contribution in [0.25, 0.3) is 0 Å². The molecule has 0 heterocycles. The van der Waals surface area contributed by atoms with Crippen LogP contribution in [0.5, 0.6) is 0 Å². The van der Waals surface area contributed by atoms with Gasteiger partial charge >= 0.3 is 0 Å². The van der Waals surface area contributed by atoms with Gasteiger partial charge in [0.1, 0.15) is 0 Å². The monoisotopic (exact) mass is 259 g/mol. The van der Waals surface area contributed by atoms with E-state index >= 15 is 0 Å². The van der Waals surface area contributed by atoms with Crippen molar-refractivity contribution < 1.29 is 34.9 Å².